The van der Waals surface area contributed by atoms with Crippen molar-refractivity contribution in [3.05, 3.63) is 0 Å². The van der Waals surface area contributed by atoms with E-state index < -0.39 is 48.6 Å². The molecular formula is C34H64O10. The van der Waals surface area contributed by atoms with Crippen molar-refractivity contribution in [2.24, 2.45) is 0 Å². The van der Waals surface area contributed by atoms with Crippen molar-refractivity contribution in [1.82, 2.24) is 0 Å². The maximum atomic E-state index is 12.5. The standard InChI is InChI=1S/C34H64O10/c1-3-5-7-9-11-13-14-15-16-18-20-22-24-26-30(38)44-34(42,28(36)27-35)32(40)31(39)33(41)43-29(37)25-23-21-19-17-12-10-8-6-4-2/h28,32-33,35-36,40-42H,3-27H2,1-2H3/t28-,32-,33?,34+/m1/s1. The second-order valence-electron chi connectivity index (χ2n) is 12.1. The monoisotopic (exact) mass is 632 g/mol. The minimum Gasteiger partial charge on any atom is -0.428 e. The Kier molecular flexibility index (Phi) is 26.7. The fraction of sp³-hybridized carbons (Fsp3) is 0.912. The first-order chi connectivity index (χ1) is 21.1. The maximum Gasteiger partial charge on any atom is 0.308 e. The van der Waals surface area contributed by atoms with Crippen molar-refractivity contribution in [2.75, 3.05) is 6.61 Å². The molecular weight excluding hydrogens is 568 g/mol. The van der Waals surface area contributed by atoms with E-state index >= 15 is 0 Å². The van der Waals surface area contributed by atoms with E-state index in [-0.39, 0.29) is 12.8 Å². The van der Waals surface area contributed by atoms with Crippen molar-refractivity contribution in [2.45, 2.75) is 192 Å². The Bertz CT molecular complexity index is 731. The normalized spacial score (nSPS) is 14.9. The Hall–Kier alpha value is -1.59. The zero-order valence-corrected chi connectivity index (χ0v) is 27.7. The van der Waals surface area contributed by atoms with Crippen molar-refractivity contribution < 1.29 is 49.4 Å². The Morgan fingerprint density at radius 1 is 0.568 bits per heavy atom. The zero-order valence-electron chi connectivity index (χ0n) is 27.7. The number of aliphatic hydroxyl groups excluding tert-OH is 4. The summed E-state index contributed by atoms with van der Waals surface area (Å²) in [5.41, 5.74) is 0. The Morgan fingerprint density at radius 2 is 0.909 bits per heavy atom. The summed E-state index contributed by atoms with van der Waals surface area (Å²) in [6.07, 6.45) is 16.2. The molecule has 260 valence electrons. The second kappa shape index (κ2) is 27.7. The molecule has 0 aliphatic carbocycles. The third-order valence-corrected chi connectivity index (χ3v) is 8.04. The number of hydrogen-bond donors (Lipinski definition) is 5. The average molecular weight is 633 g/mol. The highest BCUT2D eigenvalue weighted by Crippen LogP contribution is 2.23. The SMILES string of the molecule is CCCCCCCCCCCCCCCC(=O)O[C@@](O)([C@H](O)CO)[C@H](O)C(=O)C(O)OC(=O)CCCCCCCCCCC. The van der Waals surface area contributed by atoms with Gasteiger partial charge in [-0.05, 0) is 12.8 Å². The lowest BCUT2D eigenvalue weighted by atomic mass is 9.99. The molecule has 44 heavy (non-hydrogen) atoms. The predicted octanol–water partition coefficient (Wildman–Crippen LogP) is 5.77. The summed E-state index contributed by atoms with van der Waals surface area (Å²) in [5.74, 6) is -6.68. The summed E-state index contributed by atoms with van der Waals surface area (Å²) in [4.78, 5) is 36.9. The van der Waals surface area contributed by atoms with Crippen LogP contribution >= 0.6 is 0 Å². The number of esters is 2. The predicted molar refractivity (Wildman–Crippen MR) is 169 cm³/mol. The van der Waals surface area contributed by atoms with E-state index in [0.717, 1.165) is 51.4 Å². The lowest BCUT2D eigenvalue weighted by Crippen LogP contribution is -2.61. The Balaban J connectivity index is 4.40. The smallest absolute Gasteiger partial charge is 0.308 e. The average Bonchev–Trinajstić information content (AvgIpc) is 3.01. The van der Waals surface area contributed by atoms with Gasteiger partial charge in [0.2, 0.25) is 5.78 Å². The van der Waals surface area contributed by atoms with Gasteiger partial charge in [0.05, 0.1) is 6.61 Å². The van der Waals surface area contributed by atoms with Gasteiger partial charge in [-0.15, -0.1) is 0 Å². The van der Waals surface area contributed by atoms with Crippen molar-refractivity contribution >= 4 is 17.7 Å². The number of unbranched alkanes of at least 4 members (excludes halogenated alkanes) is 20. The van der Waals surface area contributed by atoms with Gasteiger partial charge in [-0.25, -0.2) is 0 Å². The minimum atomic E-state index is -3.23. The van der Waals surface area contributed by atoms with E-state index in [1.165, 1.54) is 77.0 Å². The van der Waals surface area contributed by atoms with Gasteiger partial charge in [0.1, 0.15) is 6.10 Å². The molecule has 0 saturated heterocycles. The van der Waals surface area contributed by atoms with Gasteiger partial charge < -0.3 is 35.0 Å². The van der Waals surface area contributed by atoms with Gasteiger partial charge in [-0.2, -0.15) is 0 Å². The molecule has 0 aliphatic rings. The quantitative estimate of drug-likeness (QED) is 0.0359. The summed E-state index contributed by atoms with van der Waals surface area (Å²) in [7, 11) is 0. The molecule has 5 N–H and O–H groups in total. The first-order valence-corrected chi connectivity index (χ1v) is 17.5. The van der Waals surface area contributed by atoms with Gasteiger partial charge in [0.15, 0.2) is 6.10 Å². The molecule has 0 radical (unpaired) electrons. The van der Waals surface area contributed by atoms with E-state index in [2.05, 4.69) is 18.6 Å². The third kappa shape index (κ3) is 20.4. The molecule has 0 aromatic carbocycles. The minimum absolute atomic E-state index is 0.0477. The fourth-order valence-corrected chi connectivity index (χ4v) is 5.12. The van der Waals surface area contributed by atoms with Crippen LogP contribution in [0.5, 0.6) is 0 Å². The largest absolute Gasteiger partial charge is 0.428 e. The van der Waals surface area contributed by atoms with Crippen LogP contribution in [0.3, 0.4) is 0 Å². The second-order valence-corrected chi connectivity index (χ2v) is 12.1. The van der Waals surface area contributed by atoms with Crippen LogP contribution in [-0.2, 0) is 23.9 Å². The van der Waals surface area contributed by atoms with E-state index in [9.17, 15) is 39.9 Å². The fourth-order valence-electron chi connectivity index (χ4n) is 5.12. The molecule has 0 amide bonds. The summed E-state index contributed by atoms with van der Waals surface area (Å²) >= 11 is 0. The Labute approximate surface area is 265 Å². The third-order valence-electron chi connectivity index (χ3n) is 8.04. The summed E-state index contributed by atoms with van der Waals surface area (Å²) < 4.78 is 9.54. The number of carbonyl (C=O) groups excluding carboxylic acids is 3. The molecule has 0 aliphatic heterocycles. The molecule has 0 rings (SSSR count). The van der Waals surface area contributed by atoms with Gasteiger partial charge >= 0.3 is 11.9 Å². The summed E-state index contributed by atoms with van der Waals surface area (Å²) in [6, 6.07) is 0. The lowest BCUT2D eigenvalue weighted by Gasteiger charge is -2.35. The number of Topliss-reactive ketones (excluding diaryl/α,β-unsaturated/α-hetero) is 1. The van der Waals surface area contributed by atoms with Crippen LogP contribution in [0.4, 0.5) is 0 Å². The van der Waals surface area contributed by atoms with E-state index in [4.69, 9.17) is 4.74 Å². The van der Waals surface area contributed by atoms with E-state index in [0.29, 0.717) is 12.8 Å². The van der Waals surface area contributed by atoms with Gasteiger partial charge in [-0.1, -0.05) is 142 Å². The number of ketones is 1. The molecule has 0 heterocycles. The number of rotatable bonds is 31. The molecule has 0 fully saturated rings. The molecule has 10 heteroatoms. The van der Waals surface area contributed by atoms with Crippen molar-refractivity contribution in [3.8, 4) is 0 Å². The van der Waals surface area contributed by atoms with E-state index in [1.807, 2.05) is 0 Å². The van der Waals surface area contributed by atoms with Crippen LogP contribution in [0.25, 0.3) is 0 Å². The van der Waals surface area contributed by atoms with Crippen LogP contribution in [-0.4, -0.2) is 74.1 Å². The highest BCUT2D eigenvalue weighted by molar-refractivity contribution is 5.89. The Morgan fingerprint density at radius 3 is 1.27 bits per heavy atom. The number of ether oxygens (including phenoxy) is 2. The topological polar surface area (TPSA) is 171 Å². The van der Waals surface area contributed by atoms with Gasteiger partial charge in [0.25, 0.3) is 12.1 Å². The van der Waals surface area contributed by atoms with Crippen LogP contribution in [0, 0.1) is 0 Å². The molecule has 0 spiro atoms. The zero-order chi connectivity index (χ0) is 33.1. The molecule has 0 aromatic heterocycles. The van der Waals surface area contributed by atoms with Crippen LogP contribution in [0.2, 0.25) is 0 Å². The molecule has 0 bridgehead atoms. The molecule has 0 saturated carbocycles. The van der Waals surface area contributed by atoms with Gasteiger partial charge in [0, 0.05) is 12.8 Å². The van der Waals surface area contributed by atoms with Crippen LogP contribution < -0.4 is 0 Å². The maximum absolute atomic E-state index is 12.5. The molecule has 1 unspecified atom stereocenters. The first-order valence-electron chi connectivity index (χ1n) is 17.5. The lowest BCUT2D eigenvalue weighted by molar-refractivity contribution is -0.288. The molecule has 10 nitrogen and oxygen atoms in total. The van der Waals surface area contributed by atoms with E-state index in [1.54, 1.807) is 0 Å². The summed E-state index contributed by atoms with van der Waals surface area (Å²) in [5, 5.41) is 50.5. The first kappa shape index (κ1) is 42.4. The number of aliphatic hydroxyl groups is 5. The van der Waals surface area contributed by atoms with Gasteiger partial charge in [-0.3, -0.25) is 14.4 Å². The highest BCUT2D eigenvalue weighted by Gasteiger charge is 2.52. The summed E-state index contributed by atoms with van der Waals surface area (Å²) in [6.45, 7) is 3.23. The molecule has 4 atom stereocenters. The van der Waals surface area contributed by atoms with Crippen molar-refractivity contribution in [3.63, 3.8) is 0 Å². The van der Waals surface area contributed by atoms with Crippen LogP contribution in [0.15, 0.2) is 0 Å². The number of hydrogen-bond acceptors (Lipinski definition) is 10. The van der Waals surface area contributed by atoms with Crippen LogP contribution in [0.1, 0.15) is 168 Å². The van der Waals surface area contributed by atoms with Crippen molar-refractivity contribution in [1.29, 1.82) is 0 Å². The number of carbonyl (C=O) groups is 3. The highest BCUT2D eigenvalue weighted by atomic mass is 16.7. The molecule has 0 aromatic rings.